The summed E-state index contributed by atoms with van der Waals surface area (Å²) in [6.45, 7) is 3.85. The summed E-state index contributed by atoms with van der Waals surface area (Å²) in [7, 11) is 0. The smallest absolute Gasteiger partial charge is 0.326 e. The number of carboxylic acid groups (broad SMARTS) is 1. The number of hydrogen-bond acceptors (Lipinski definition) is 6. The van der Waals surface area contributed by atoms with Crippen LogP contribution in [0, 0.1) is 5.92 Å². The van der Waals surface area contributed by atoms with Crippen molar-refractivity contribution in [3.8, 4) is 5.75 Å². The van der Waals surface area contributed by atoms with Crippen LogP contribution in [0.4, 0.5) is 0 Å². The molecule has 39 heavy (non-hydrogen) atoms. The molecule has 3 atom stereocenters. The lowest BCUT2D eigenvalue weighted by Crippen LogP contribution is -2.56. The van der Waals surface area contributed by atoms with E-state index in [0.29, 0.717) is 6.42 Å². The number of hydrogen-bond donors (Lipinski definition) is 5. The minimum atomic E-state index is -1.54. The van der Waals surface area contributed by atoms with Gasteiger partial charge in [-0.05, 0) is 30.0 Å². The second kappa shape index (κ2) is 13.9. The molecule has 208 valence electrons. The van der Waals surface area contributed by atoms with Crippen molar-refractivity contribution in [1.82, 2.24) is 21.3 Å². The maximum Gasteiger partial charge on any atom is 0.326 e. The van der Waals surface area contributed by atoms with E-state index in [1.165, 1.54) is 6.07 Å². The topological polar surface area (TPSA) is 163 Å². The van der Waals surface area contributed by atoms with E-state index in [1.54, 1.807) is 32.0 Å². The number of carbonyl (C=O) groups is 5. The van der Waals surface area contributed by atoms with E-state index in [1.807, 2.05) is 30.3 Å². The van der Waals surface area contributed by atoms with Crippen molar-refractivity contribution < 1.29 is 33.8 Å². The first-order chi connectivity index (χ1) is 18.7. The number of fused-ring (bicyclic) bond motifs is 1. The molecule has 0 radical (unpaired) electrons. The average Bonchev–Trinajstić information content (AvgIpc) is 2.90. The summed E-state index contributed by atoms with van der Waals surface area (Å²) in [6, 6.07) is 12.0. The summed E-state index contributed by atoms with van der Waals surface area (Å²) in [5, 5.41) is 20.1. The fourth-order valence-electron chi connectivity index (χ4n) is 4.08. The zero-order valence-corrected chi connectivity index (χ0v) is 21.9. The second-order valence-electron chi connectivity index (χ2n) is 9.60. The SMILES string of the molecule is CC(C)[C@H]1NC(=O)C[C@@H](C(=O)O)NC(=O)c2ccccc2OCCCNC(=O)C(Cc2ccccc2)NC1=O. The largest absolute Gasteiger partial charge is 0.493 e. The van der Waals surface area contributed by atoms with Crippen molar-refractivity contribution in [2.24, 2.45) is 5.92 Å². The van der Waals surface area contributed by atoms with E-state index in [-0.39, 0.29) is 36.8 Å². The third-order valence-electron chi connectivity index (χ3n) is 6.18. The summed E-state index contributed by atoms with van der Waals surface area (Å²) < 4.78 is 5.73. The molecule has 0 spiro atoms. The van der Waals surface area contributed by atoms with Crippen LogP contribution < -0.4 is 26.0 Å². The second-order valence-corrected chi connectivity index (χ2v) is 9.60. The summed E-state index contributed by atoms with van der Waals surface area (Å²) in [4.78, 5) is 63.9. The monoisotopic (exact) mass is 538 g/mol. The Bertz CT molecular complexity index is 1190. The molecule has 1 unspecified atom stereocenters. The summed E-state index contributed by atoms with van der Waals surface area (Å²) in [5.74, 6) is -3.98. The Hall–Kier alpha value is -4.41. The molecule has 0 aliphatic carbocycles. The molecule has 1 aliphatic heterocycles. The van der Waals surface area contributed by atoms with Crippen LogP contribution in [0.25, 0.3) is 0 Å². The van der Waals surface area contributed by atoms with E-state index in [2.05, 4.69) is 21.3 Å². The predicted octanol–water partition coefficient (Wildman–Crippen LogP) is 1.03. The fraction of sp³-hybridized carbons (Fsp3) is 0.393. The van der Waals surface area contributed by atoms with Gasteiger partial charge >= 0.3 is 5.97 Å². The van der Waals surface area contributed by atoms with Gasteiger partial charge in [-0.2, -0.15) is 0 Å². The zero-order valence-electron chi connectivity index (χ0n) is 21.9. The van der Waals surface area contributed by atoms with Crippen LogP contribution in [0.3, 0.4) is 0 Å². The molecule has 1 aliphatic rings. The Morgan fingerprint density at radius 2 is 1.64 bits per heavy atom. The van der Waals surface area contributed by atoms with Crippen molar-refractivity contribution in [2.75, 3.05) is 13.2 Å². The first-order valence-electron chi connectivity index (χ1n) is 12.8. The normalized spacial score (nSPS) is 21.7. The van der Waals surface area contributed by atoms with Crippen LogP contribution in [0.5, 0.6) is 5.75 Å². The third kappa shape index (κ3) is 8.56. The van der Waals surface area contributed by atoms with Gasteiger partial charge in [0.25, 0.3) is 5.91 Å². The summed E-state index contributed by atoms with van der Waals surface area (Å²) in [5.41, 5.74) is 0.946. The molecule has 0 bridgehead atoms. The molecular weight excluding hydrogens is 504 g/mol. The lowest BCUT2D eigenvalue weighted by Gasteiger charge is -2.26. The van der Waals surface area contributed by atoms with Gasteiger partial charge < -0.3 is 31.1 Å². The minimum absolute atomic E-state index is 0.108. The van der Waals surface area contributed by atoms with Gasteiger partial charge in [-0.25, -0.2) is 4.79 Å². The minimum Gasteiger partial charge on any atom is -0.493 e. The Kier molecular flexibility index (Phi) is 10.4. The maximum absolute atomic E-state index is 13.2. The molecule has 0 aromatic heterocycles. The first kappa shape index (κ1) is 29.2. The quantitative estimate of drug-likeness (QED) is 0.388. The molecule has 5 N–H and O–H groups in total. The van der Waals surface area contributed by atoms with Crippen LogP contribution in [0.1, 0.15) is 42.6 Å². The van der Waals surface area contributed by atoms with Crippen molar-refractivity contribution in [3.63, 3.8) is 0 Å². The van der Waals surface area contributed by atoms with Crippen LogP contribution in [0.2, 0.25) is 0 Å². The number of ether oxygens (including phenoxy) is 1. The van der Waals surface area contributed by atoms with Gasteiger partial charge in [0, 0.05) is 13.0 Å². The average molecular weight is 539 g/mol. The zero-order chi connectivity index (χ0) is 28.4. The van der Waals surface area contributed by atoms with E-state index in [0.717, 1.165) is 5.56 Å². The fourth-order valence-corrected chi connectivity index (χ4v) is 4.08. The number of carboxylic acids is 1. The van der Waals surface area contributed by atoms with Gasteiger partial charge in [0.15, 0.2) is 0 Å². The Labute approximate surface area is 226 Å². The lowest BCUT2D eigenvalue weighted by molar-refractivity contribution is -0.141. The third-order valence-corrected chi connectivity index (χ3v) is 6.18. The van der Waals surface area contributed by atoms with E-state index < -0.39 is 54.1 Å². The molecule has 4 amide bonds. The van der Waals surface area contributed by atoms with Crippen LogP contribution >= 0.6 is 0 Å². The number of para-hydroxylation sites is 1. The highest BCUT2D eigenvalue weighted by Gasteiger charge is 2.31. The number of nitrogens with one attached hydrogen (secondary N) is 4. The molecule has 1 heterocycles. The van der Waals surface area contributed by atoms with Crippen LogP contribution in [0.15, 0.2) is 54.6 Å². The molecule has 3 rings (SSSR count). The van der Waals surface area contributed by atoms with Gasteiger partial charge in [-0.15, -0.1) is 0 Å². The first-order valence-corrected chi connectivity index (χ1v) is 12.8. The van der Waals surface area contributed by atoms with Gasteiger partial charge in [-0.1, -0.05) is 56.3 Å². The summed E-state index contributed by atoms with van der Waals surface area (Å²) in [6.07, 6.45) is 0.0405. The van der Waals surface area contributed by atoms with Crippen molar-refractivity contribution >= 4 is 29.6 Å². The van der Waals surface area contributed by atoms with E-state index in [4.69, 9.17) is 4.74 Å². The van der Waals surface area contributed by atoms with Crippen molar-refractivity contribution in [3.05, 3.63) is 65.7 Å². The molecule has 0 fully saturated rings. The molecule has 11 heteroatoms. The molecule has 2 aromatic rings. The highest BCUT2D eigenvalue weighted by atomic mass is 16.5. The van der Waals surface area contributed by atoms with Crippen molar-refractivity contribution in [1.29, 1.82) is 0 Å². The Morgan fingerprint density at radius 1 is 0.949 bits per heavy atom. The molecule has 0 saturated heterocycles. The van der Waals surface area contributed by atoms with Crippen molar-refractivity contribution in [2.45, 2.75) is 51.2 Å². The predicted molar refractivity (Wildman–Crippen MR) is 142 cm³/mol. The highest BCUT2D eigenvalue weighted by Crippen LogP contribution is 2.18. The Morgan fingerprint density at radius 3 is 2.33 bits per heavy atom. The number of aliphatic carboxylic acids is 1. The maximum atomic E-state index is 13.2. The number of benzene rings is 2. The van der Waals surface area contributed by atoms with E-state index in [9.17, 15) is 29.1 Å². The number of amides is 4. The summed E-state index contributed by atoms with van der Waals surface area (Å²) >= 11 is 0. The highest BCUT2D eigenvalue weighted by molar-refractivity contribution is 6.00. The molecule has 2 aromatic carbocycles. The molecule has 0 saturated carbocycles. The van der Waals surface area contributed by atoms with Gasteiger partial charge in [-0.3, -0.25) is 19.2 Å². The molecule has 11 nitrogen and oxygen atoms in total. The lowest BCUT2D eigenvalue weighted by atomic mass is 10.0. The van der Waals surface area contributed by atoms with Gasteiger partial charge in [0.1, 0.15) is 23.9 Å². The van der Waals surface area contributed by atoms with Crippen LogP contribution in [-0.2, 0) is 25.6 Å². The number of rotatable bonds is 4. The van der Waals surface area contributed by atoms with Gasteiger partial charge in [0.2, 0.25) is 17.7 Å². The Balaban J connectivity index is 1.88. The standard InChI is InChI=1S/C28H34N4O7/c1-17(2)24-27(36)30-20(15-18-9-4-3-5-10-18)26(35)29-13-8-14-39-22-12-7-6-11-19(22)25(34)31-21(28(37)38)16-23(33)32-24/h3-7,9-12,17,20-21,24H,8,13-16H2,1-2H3,(H,29,35)(H,30,36)(H,31,34)(H,32,33)(H,37,38)/t20?,21-,24+/m0/s1. The number of carbonyl (C=O) groups excluding carboxylic acids is 4. The molecular formula is C28H34N4O7. The van der Waals surface area contributed by atoms with E-state index >= 15 is 0 Å². The van der Waals surface area contributed by atoms with Gasteiger partial charge in [0.05, 0.1) is 18.6 Å². The van der Waals surface area contributed by atoms with Crippen LogP contribution in [-0.4, -0.2) is 66.0 Å².